The lowest BCUT2D eigenvalue weighted by Gasteiger charge is -2.20. The van der Waals surface area contributed by atoms with Crippen LogP contribution in [0.4, 0.5) is 16.2 Å². The van der Waals surface area contributed by atoms with Crippen molar-refractivity contribution < 1.29 is 23.8 Å². The normalized spacial score (nSPS) is 24.2. The van der Waals surface area contributed by atoms with Gasteiger partial charge in [0.1, 0.15) is 12.2 Å². The van der Waals surface area contributed by atoms with Gasteiger partial charge in [0.05, 0.1) is 19.3 Å². The second-order valence-corrected chi connectivity index (χ2v) is 7.78. The Balaban J connectivity index is 1.29. The van der Waals surface area contributed by atoms with Crippen molar-refractivity contribution in [3.05, 3.63) is 60.2 Å². The summed E-state index contributed by atoms with van der Waals surface area (Å²) in [6.45, 7) is 2.08. The highest BCUT2D eigenvalue weighted by atomic mass is 32.1. The third kappa shape index (κ3) is 5.19. The van der Waals surface area contributed by atoms with Crippen LogP contribution in [0.2, 0.25) is 0 Å². The first-order chi connectivity index (χ1) is 15.0. The van der Waals surface area contributed by atoms with Gasteiger partial charge >= 0.3 is 6.09 Å². The Morgan fingerprint density at radius 2 is 1.71 bits per heavy atom. The zero-order chi connectivity index (χ0) is 21.8. The molecule has 2 heterocycles. The Bertz CT molecular complexity index is 971. The van der Waals surface area contributed by atoms with E-state index in [-0.39, 0.29) is 30.6 Å². The molecule has 4 atom stereocenters. The number of hydrogen-bond donors (Lipinski definition) is 3. The van der Waals surface area contributed by atoms with E-state index in [9.17, 15) is 9.59 Å². The summed E-state index contributed by atoms with van der Waals surface area (Å²) >= 11 is 5.38. The van der Waals surface area contributed by atoms with Crippen molar-refractivity contribution in [1.29, 1.82) is 0 Å². The van der Waals surface area contributed by atoms with Gasteiger partial charge in [0.2, 0.25) is 0 Å². The number of Topliss-reactive ketones (excluding diaryl/α,β-unsaturated/α-hetero) is 1. The Labute approximate surface area is 185 Å². The molecule has 162 valence electrons. The molecule has 0 unspecified atom stereocenters. The number of amides is 1. The summed E-state index contributed by atoms with van der Waals surface area (Å²) in [6, 6.07) is 16.1. The van der Waals surface area contributed by atoms with Gasteiger partial charge in [-0.25, -0.2) is 4.79 Å². The van der Waals surface area contributed by atoms with E-state index in [0.29, 0.717) is 23.0 Å². The van der Waals surface area contributed by atoms with Crippen molar-refractivity contribution >= 4 is 40.6 Å². The van der Waals surface area contributed by atoms with Gasteiger partial charge < -0.3 is 24.8 Å². The van der Waals surface area contributed by atoms with Gasteiger partial charge in [0, 0.05) is 16.9 Å². The number of carbonyl (C=O) groups is 2. The van der Waals surface area contributed by atoms with E-state index in [2.05, 4.69) is 16.0 Å². The third-order valence-electron chi connectivity index (χ3n) is 5.13. The molecule has 0 saturated carbocycles. The molecule has 2 aliphatic rings. The fourth-order valence-electron chi connectivity index (χ4n) is 3.65. The second kappa shape index (κ2) is 9.42. The molecular weight excluding hydrogens is 418 g/mol. The molecule has 2 aliphatic heterocycles. The maximum Gasteiger partial charge on any atom is 0.412 e. The number of ketones is 1. The molecule has 9 heteroatoms. The number of hydrogen-bond acceptors (Lipinski definition) is 6. The van der Waals surface area contributed by atoms with Gasteiger partial charge in [-0.1, -0.05) is 30.3 Å². The molecule has 2 aromatic carbocycles. The van der Waals surface area contributed by atoms with Crippen LogP contribution < -0.4 is 16.0 Å². The zero-order valence-electron chi connectivity index (χ0n) is 16.9. The average molecular weight is 442 g/mol. The highest BCUT2D eigenvalue weighted by Crippen LogP contribution is 2.29. The summed E-state index contributed by atoms with van der Waals surface area (Å²) < 4.78 is 17.2. The van der Waals surface area contributed by atoms with Gasteiger partial charge in [0.25, 0.3) is 0 Å². The molecule has 4 rings (SSSR count). The van der Waals surface area contributed by atoms with Crippen LogP contribution in [0.15, 0.2) is 54.6 Å². The molecule has 1 amide bonds. The monoisotopic (exact) mass is 441 g/mol. The van der Waals surface area contributed by atoms with Gasteiger partial charge in [0.15, 0.2) is 17.0 Å². The van der Waals surface area contributed by atoms with E-state index in [1.54, 1.807) is 24.3 Å². The van der Waals surface area contributed by atoms with Gasteiger partial charge in [-0.3, -0.25) is 10.1 Å². The maximum absolute atomic E-state index is 12.3. The van der Waals surface area contributed by atoms with Crippen molar-refractivity contribution in [2.24, 2.45) is 0 Å². The summed E-state index contributed by atoms with van der Waals surface area (Å²) in [6.07, 6.45) is -1.83. The molecule has 0 bridgehead atoms. The van der Waals surface area contributed by atoms with Gasteiger partial charge in [-0.2, -0.15) is 0 Å². The first-order valence-electron chi connectivity index (χ1n) is 9.94. The van der Waals surface area contributed by atoms with Crippen LogP contribution in [0.25, 0.3) is 0 Å². The Kier molecular flexibility index (Phi) is 6.45. The summed E-state index contributed by atoms with van der Waals surface area (Å²) in [5, 5.41) is 9.45. The molecule has 2 saturated heterocycles. The second-order valence-electron chi connectivity index (χ2n) is 7.37. The fourth-order valence-corrected chi connectivity index (χ4v) is 3.92. The van der Waals surface area contributed by atoms with Crippen molar-refractivity contribution in [3.8, 4) is 0 Å². The number of rotatable bonds is 5. The van der Waals surface area contributed by atoms with Crippen molar-refractivity contribution in [3.63, 3.8) is 0 Å². The Morgan fingerprint density at radius 3 is 2.48 bits per heavy atom. The highest BCUT2D eigenvalue weighted by molar-refractivity contribution is 7.80. The van der Waals surface area contributed by atoms with Crippen LogP contribution in [0.3, 0.4) is 0 Å². The van der Waals surface area contributed by atoms with E-state index < -0.39 is 12.2 Å². The van der Waals surface area contributed by atoms with Crippen molar-refractivity contribution in [2.45, 2.75) is 31.3 Å². The average Bonchev–Trinajstić information content (AvgIpc) is 3.32. The summed E-state index contributed by atoms with van der Waals surface area (Å²) in [5.41, 5.74) is 1.88. The quantitative estimate of drug-likeness (QED) is 0.481. The lowest BCUT2D eigenvalue weighted by molar-refractivity contribution is 0.00880. The molecular formula is C22H23N3O5S. The summed E-state index contributed by atoms with van der Waals surface area (Å²) in [7, 11) is 0. The van der Waals surface area contributed by atoms with Crippen LogP contribution in [0.1, 0.15) is 17.3 Å². The highest BCUT2D eigenvalue weighted by Gasteiger charge is 2.49. The Morgan fingerprint density at radius 1 is 0.968 bits per heavy atom. The summed E-state index contributed by atoms with van der Waals surface area (Å²) in [5.74, 6) is -0.0818. The zero-order valence-corrected chi connectivity index (χ0v) is 17.7. The minimum absolute atomic E-state index is 0.0818. The lowest BCUT2D eigenvalue weighted by Crippen LogP contribution is -2.46. The number of benzene rings is 2. The largest absolute Gasteiger partial charge is 0.441 e. The number of carbonyl (C=O) groups excluding carboxylic acids is 2. The molecule has 0 spiro atoms. The number of thiocarbonyl (C=S) groups is 1. The predicted molar refractivity (Wildman–Crippen MR) is 119 cm³/mol. The molecule has 0 radical (unpaired) electrons. The smallest absolute Gasteiger partial charge is 0.412 e. The third-order valence-corrected chi connectivity index (χ3v) is 5.35. The number of para-hydroxylation sites is 1. The van der Waals surface area contributed by atoms with E-state index in [1.807, 2.05) is 30.3 Å². The number of ether oxygens (including phenoxy) is 3. The predicted octanol–water partition coefficient (Wildman–Crippen LogP) is 2.96. The van der Waals surface area contributed by atoms with Crippen molar-refractivity contribution in [2.75, 3.05) is 23.8 Å². The number of nitrogens with one attached hydrogen (secondary N) is 3. The SMILES string of the molecule is CC(=O)c1cccc(NC(=O)O[C@H]2CO[C@@H]3[C@@H]2OC[C@@H]3NC(=S)Nc2ccccc2)c1. The van der Waals surface area contributed by atoms with Crippen LogP contribution in [-0.2, 0) is 14.2 Å². The van der Waals surface area contributed by atoms with Crippen molar-refractivity contribution in [1.82, 2.24) is 5.32 Å². The van der Waals surface area contributed by atoms with Gasteiger partial charge in [-0.05, 0) is 43.4 Å². The minimum Gasteiger partial charge on any atom is -0.441 e. The molecule has 2 fully saturated rings. The van der Waals surface area contributed by atoms with Crippen LogP contribution in [0.5, 0.6) is 0 Å². The topological polar surface area (TPSA) is 97.9 Å². The minimum atomic E-state index is -0.628. The van der Waals surface area contributed by atoms with E-state index >= 15 is 0 Å². The molecule has 2 aromatic rings. The molecule has 0 aromatic heterocycles. The number of anilines is 2. The molecule has 8 nitrogen and oxygen atoms in total. The van der Waals surface area contributed by atoms with Gasteiger partial charge in [-0.15, -0.1) is 0 Å². The lowest BCUT2D eigenvalue weighted by atomic mass is 10.1. The number of fused-ring (bicyclic) bond motifs is 1. The summed E-state index contributed by atoms with van der Waals surface area (Å²) in [4.78, 5) is 23.8. The Hall–Kier alpha value is -3.01. The standard InChI is InChI=1S/C22H23N3O5S/c1-13(26)14-6-5-9-16(10-14)24-22(27)30-18-12-29-19-17(11-28-20(18)19)25-21(31)23-15-7-3-2-4-8-15/h2-10,17-20H,11-12H2,1H3,(H,24,27)(H2,23,25,31)/t17-,18-,19-,20+/m0/s1. The van der Waals surface area contributed by atoms with Crippen LogP contribution in [-0.4, -0.2) is 54.6 Å². The first-order valence-corrected chi connectivity index (χ1v) is 10.3. The maximum atomic E-state index is 12.3. The fraction of sp³-hybridized carbons (Fsp3) is 0.318. The van der Waals surface area contributed by atoms with Crippen LogP contribution in [0, 0.1) is 0 Å². The van der Waals surface area contributed by atoms with E-state index in [0.717, 1.165) is 5.69 Å². The molecule has 0 aliphatic carbocycles. The van der Waals surface area contributed by atoms with E-state index in [1.165, 1.54) is 6.92 Å². The van der Waals surface area contributed by atoms with Crippen LogP contribution >= 0.6 is 12.2 Å². The van der Waals surface area contributed by atoms with E-state index in [4.69, 9.17) is 26.4 Å². The molecule has 3 N–H and O–H groups in total. The first kappa shape index (κ1) is 21.2. The molecule has 31 heavy (non-hydrogen) atoms.